The molecule has 0 radical (unpaired) electrons. The van der Waals surface area contributed by atoms with Gasteiger partial charge in [-0.3, -0.25) is 5.10 Å². The van der Waals surface area contributed by atoms with E-state index < -0.39 is 5.97 Å². The first kappa shape index (κ1) is 12.2. The highest BCUT2D eigenvalue weighted by Gasteiger charge is 2.14. The van der Waals surface area contributed by atoms with Gasteiger partial charge in [-0.15, -0.1) is 0 Å². The molecule has 0 saturated carbocycles. The van der Waals surface area contributed by atoms with Gasteiger partial charge in [0.05, 0.1) is 20.8 Å². The van der Waals surface area contributed by atoms with E-state index >= 15 is 0 Å². The SMILES string of the molecule is O=C(O)c1cc(-c2ccc(Cl)c(Cl)c2Cl)n[nH]1. The van der Waals surface area contributed by atoms with Crippen LogP contribution >= 0.6 is 34.8 Å². The smallest absolute Gasteiger partial charge is 0.353 e. The fraction of sp³-hybridized carbons (Fsp3) is 0. The second-order valence-corrected chi connectivity index (χ2v) is 4.36. The highest BCUT2D eigenvalue weighted by Crippen LogP contribution is 2.37. The van der Waals surface area contributed by atoms with Crippen molar-refractivity contribution in [1.82, 2.24) is 10.2 Å². The molecule has 0 bridgehead atoms. The van der Waals surface area contributed by atoms with Crippen LogP contribution in [0, 0.1) is 0 Å². The second kappa shape index (κ2) is 4.56. The number of aromatic carboxylic acids is 1. The van der Waals surface area contributed by atoms with E-state index in [-0.39, 0.29) is 15.7 Å². The standard InChI is InChI=1S/C10H5Cl3N2O2/c11-5-2-1-4(8(12)9(5)13)6-3-7(10(16)17)15-14-6/h1-3H,(H,14,15)(H,16,17). The lowest BCUT2D eigenvalue weighted by Gasteiger charge is -2.03. The van der Waals surface area contributed by atoms with Gasteiger partial charge in [0.25, 0.3) is 0 Å². The molecule has 17 heavy (non-hydrogen) atoms. The van der Waals surface area contributed by atoms with Crippen LogP contribution in [-0.2, 0) is 0 Å². The number of carbonyl (C=O) groups is 1. The van der Waals surface area contributed by atoms with Gasteiger partial charge in [0, 0.05) is 5.56 Å². The molecule has 0 unspecified atom stereocenters. The van der Waals surface area contributed by atoms with Crippen LogP contribution in [0.3, 0.4) is 0 Å². The summed E-state index contributed by atoms with van der Waals surface area (Å²) in [6.45, 7) is 0. The molecule has 0 aliphatic rings. The van der Waals surface area contributed by atoms with Crippen molar-refractivity contribution in [2.24, 2.45) is 0 Å². The largest absolute Gasteiger partial charge is 0.477 e. The van der Waals surface area contributed by atoms with Crippen molar-refractivity contribution < 1.29 is 9.90 Å². The average molecular weight is 292 g/mol. The van der Waals surface area contributed by atoms with Crippen LogP contribution in [-0.4, -0.2) is 21.3 Å². The summed E-state index contributed by atoms with van der Waals surface area (Å²) in [5, 5.41) is 15.8. The van der Waals surface area contributed by atoms with Crippen molar-refractivity contribution in [3.8, 4) is 11.3 Å². The molecule has 0 amide bonds. The summed E-state index contributed by atoms with van der Waals surface area (Å²) in [5.74, 6) is -1.10. The molecule has 2 N–H and O–H groups in total. The Labute approximate surface area is 111 Å². The zero-order valence-electron chi connectivity index (χ0n) is 8.17. The third kappa shape index (κ3) is 2.24. The first-order valence-corrected chi connectivity index (χ1v) is 5.56. The number of carboxylic acids is 1. The monoisotopic (exact) mass is 290 g/mol. The quantitative estimate of drug-likeness (QED) is 0.828. The molecule has 0 saturated heterocycles. The van der Waals surface area contributed by atoms with Gasteiger partial charge in [-0.2, -0.15) is 5.10 Å². The van der Waals surface area contributed by atoms with Crippen molar-refractivity contribution in [2.75, 3.05) is 0 Å². The van der Waals surface area contributed by atoms with E-state index in [1.807, 2.05) is 0 Å². The van der Waals surface area contributed by atoms with Crippen LogP contribution in [0.2, 0.25) is 15.1 Å². The number of H-pyrrole nitrogens is 1. The molecule has 0 spiro atoms. The molecule has 0 aliphatic heterocycles. The first-order chi connectivity index (χ1) is 8.00. The van der Waals surface area contributed by atoms with Crippen molar-refractivity contribution in [3.05, 3.63) is 39.0 Å². The van der Waals surface area contributed by atoms with Gasteiger partial charge in [0.1, 0.15) is 5.69 Å². The zero-order chi connectivity index (χ0) is 12.6. The van der Waals surface area contributed by atoms with Gasteiger partial charge in [-0.05, 0) is 18.2 Å². The lowest BCUT2D eigenvalue weighted by Crippen LogP contribution is -1.95. The molecule has 1 aromatic carbocycles. The van der Waals surface area contributed by atoms with Gasteiger partial charge in [-0.1, -0.05) is 34.8 Å². The Morgan fingerprint density at radius 2 is 1.94 bits per heavy atom. The van der Waals surface area contributed by atoms with E-state index in [1.54, 1.807) is 12.1 Å². The van der Waals surface area contributed by atoms with Gasteiger partial charge in [-0.25, -0.2) is 4.79 Å². The molecule has 0 aliphatic carbocycles. The minimum atomic E-state index is -1.10. The van der Waals surface area contributed by atoms with E-state index in [4.69, 9.17) is 39.9 Å². The normalized spacial score (nSPS) is 10.5. The number of carboxylic acid groups (broad SMARTS) is 1. The number of aromatic nitrogens is 2. The Hall–Kier alpha value is -1.23. The lowest BCUT2D eigenvalue weighted by atomic mass is 10.1. The summed E-state index contributed by atoms with van der Waals surface area (Å²) in [7, 11) is 0. The number of nitrogens with zero attached hydrogens (tertiary/aromatic N) is 1. The maximum absolute atomic E-state index is 10.7. The zero-order valence-corrected chi connectivity index (χ0v) is 10.4. The van der Waals surface area contributed by atoms with Gasteiger partial charge < -0.3 is 5.11 Å². The number of nitrogens with one attached hydrogen (secondary N) is 1. The van der Waals surface area contributed by atoms with Crippen LogP contribution in [0.15, 0.2) is 18.2 Å². The van der Waals surface area contributed by atoms with E-state index in [2.05, 4.69) is 10.2 Å². The topological polar surface area (TPSA) is 66.0 Å². The molecule has 1 aromatic heterocycles. The maximum Gasteiger partial charge on any atom is 0.353 e. The molecule has 2 rings (SSSR count). The van der Waals surface area contributed by atoms with Crippen molar-refractivity contribution in [1.29, 1.82) is 0 Å². The predicted molar refractivity (Wildman–Crippen MR) is 66.0 cm³/mol. The highest BCUT2D eigenvalue weighted by atomic mass is 35.5. The fourth-order valence-electron chi connectivity index (χ4n) is 1.29. The summed E-state index contributed by atoms with van der Waals surface area (Å²) in [5.41, 5.74) is 0.887. The van der Waals surface area contributed by atoms with E-state index in [0.29, 0.717) is 16.3 Å². The van der Waals surface area contributed by atoms with E-state index in [0.717, 1.165) is 0 Å². The molecule has 7 heteroatoms. The summed E-state index contributed by atoms with van der Waals surface area (Å²) in [4.78, 5) is 10.7. The molecule has 0 fully saturated rings. The average Bonchev–Trinajstić information content (AvgIpc) is 2.75. The highest BCUT2D eigenvalue weighted by molar-refractivity contribution is 6.49. The Balaban J connectivity index is 2.53. The first-order valence-electron chi connectivity index (χ1n) is 4.43. The molecular weight excluding hydrogens is 286 g/mol. The number of benzene rings is 1. The van der Waals surface area contributed by atoms with Crippen LogP contribution in [0.4, 0.5) is 0 Å². The fourth-order valence-corrected chi connectivity index (χ4v) is 1.93. The van der Waals surface area contributed by atoms with Gasteiger partial charge in [0.15, 0.2) is 0 Å². The Kier molecular flexibility index (Phi) is 3.28. The van der Waals surface area contributed by atoms with Gasteiger partial charge in [0.2, 0.25) is 0 Å². The van der Waals surface area contributed by atoms with E-state index in [9.17, 15) is 4.79 Å². The summed E-state index contributed by atoms with van der Waals surface area (Å²) >= 11 is 17.7. The third-order valence-electron chi connectivity index (χ3n) is 2.12. The number of halogens is 3. The molecule has 88 valence electrons. The van der Waals surface area contributed by atoms with Crippen LogP contribution < -0.4 is 0 Å². The predicted octanol–water partition coefficient (Wildman–Crippen LogP) is 3.74. The number of hydrogen-bond donors (Lipinski definition) is 2. The Morgan fingerprint density at radius 3 is 2.53 bits per heavy atom. The maximum atomic E-state index is 10.7. The minimum absolute atomic E-state index is 0.0258. The van der Waals surface area contributed by atoms with E-state index in [1.165, 1.54) is 6.07 Å². The van der Waals surface area contributed by atoms with Crippen LogP contribution in [0.5, 0.6) is 0 Å². The van der Waals surface area contributed by atoms with Crippen LogP contribution in [0.25, 0.3) is 11.3 Å². The minimum Gasteiger partial charge on any atom is -0.477 e. The molecule has 1 heterocycles. The molecule has 0 atom stereocenters. The molecule has 4 nitrogen and oxygen atoms in total. The van der Waals surface area contributed by atoms with Crippen molar-refractivity contribution in [3.63, 3.8) is 0 Å². The van der Waals surface area contributed by atoms with Crippen molar-refractivity contribution >= 4 is 40.8 Å². The summed E-state index contributed by atoms with van der Waals surface area (Å²) in [6.07, 6.45) is 0. The third-order valence-corrected chi connectivity index (χ3v) is 3.41. The number of hydrogen-bond acceptors (Lipinski definition) is 2. The molecular formula is C10H5Cl3N2O2. The lowest BCUT2D eigenvalue weighted by molar-refractivity contribution is 0.0690. The van der Waals surface area contributed by atoms with Crippen molar-refractivity contribution in [2.45, 2.75) is 0 Å². The number of aromatic amines is 1. The second-order valence-electron chi connectivity index (χ2n) is 3.19. The number of rotatable bonds is 2. The summed E-state index contributed by atoms with van der Waals surface area (Å²) < 4.78 is 0. The van der Waals surface area contributed by atoms with Gasteiger partial charge >= 0.3 is 5.97 Å². The Bertz CT molecular complexity index is 595. The Morgan fingerprint density at radius 1 is 1.24 bits per heavy atom. The van der Waals surface area contributed by atoms with Crippen LogP contribution in [0.1, 0.15) is 10.5 Å². The summed E-state index contributed by atoms with van der Waals surface area (Å²) in [6, 6.07) is 4.56. The molecule has 2 aromatic rings.